The van der Waals surface area contributed by atoms with Gasteiger partial charge in [0.25, 0.3) is 10.1 Å². The van der Waals surface area contributed by atoms with Crippen molar-refractivity contribution in [2.75, 3.05) is 0 Å². The van der Waals surface area contributed by atoms with Crippen molar-refractivity contribution in [3.63, 3.8) is 0 Å². The van der Waals surface area contributed by atoms with E-state index in [1.54, 1.807) is 36.4 Å². The smallest absolute Gasteiger partial charge is 0.262 e. The Labute approximate surface area is 111 Å². The van der Waals surface area contributed by atoms with Gasteiger partial charge in [-0.25, -0.2) is 0 Å². The predicted molar refractivity (Wildman–Crippen MR) is 67.8 cm³/mol. The van der Waals surface area contributed by atoms with Gasteiger partial charge in [0.15, 0.2) is 12.4 Å². The van der Waals surface area contributed by atoms with Crippen molar-refractivity contribution in [2.24, 2.45) is 0 Å². The molecule has 0 aliphatic rings. The third kappa shape index (κ3) is 4.08. The lowest BCUT2D eigenvalue weighted by molar-refractivity contribution is -0.646. The molecule has 2 heterocycles. The van der Waals surface area contributed by atoms with E-state index in [4.69, 9.17) is 10.5 Å². The highest BCUT2D eigenvalue weighted by molar-refractivity contribution is 8.76. The van der Waals surface area contributed by atoms with Crippen molar-refractivity contribution in [1.29, 1.82) is 0 Å². The first-order chi connectivity index (χ1) is 8.77. The van der Waals surface area contributed by atoms with Gasteiger partial charge in [-0.05, 0) is 12.1 Å². The fraction of sp³-hybridized carbons (Fsp3) is 0. The second-order valence-corrected chi connectivity index (χ2v) is 5.07. The summed E-state index contributed by atoms with van der Waals surface area (Å²) in [5, 5.41) is 35.8. The molecule has 0 aliphatic carbocycles. The van der Waals surface area contributed by atoms with Crippen molar-refractivity contribution >= 4 is 21.6 Å². The molecule has 0 atom stereocenters. The molecular weight excluding hydrogens is 276 g/mol. The van der Waals surface area contributed by atoms with Gasteiger partial charge in [-0.15, -0.1) is 0 Å². The van der Waals surface area contributed by atoms with Crippen molar-refractivity contribution in [3.8, 4) is 0 Å². The minimum Gasteiger partial charge on any atom is -0.618 e. The Hall–Kier alpha value is -1.48. The Kier molecular flexibility index (Phi) is 6.29. The predicted octanol–water partition coefficient (Wildman–Crippen LogP) is 1.77. The molecule has 2 aromatic heterocycles. The second kappa shape index (κ2) is 7.77. The Bertz CT molecular complexity index is 453. The van der Waals surface area contributed by atoms with Crippen LogP contribution in [0.5, 0.6) is 0 Å². The maximum atomic E-state index is 11.3. The van der Waals surface area contributed by atoms with Gasteiger partial charge in [0.1, 0.15) is 0 Å². The molecule has 96 valence electrons. The first kappa shape index (κ1) is 14.6. The minimum atomic E-state index is 0.552. The number of hydrogen-bond acceptors (Lipinski definition) is 6. The molecule has 0 spiro atoms. The van der Waals surface area contributed by atoms with Gasteiger partial charge < -0.3 is 10.4 Å². The lowest BCUT2D eigenvalue weighted by atomic mass is 10.5. The number of rotatable bonds is 3. The van der Waals surface area contributed by atoms with E-state index in [-0.39, 0.29) is 0 Å². The van der Waals surface area contributed by atoms with E-state index in [1.807, 2.05) is 0 Å². The van der Waals surface area contributed by atoms with Crippen LogP contribution < -0.4 is 9.46 Å². The molecule has 8 heteroatoms. The van der Waals surface area contributed by atoms with E-state index < -0.39 is 0 Å². The molecule has 2 N–H and O–H groups in total. The van der Waals surface area contributed by atoms with Crippen LogP contribution in [0.25, 0.3) is 0 Å². The number of aromatic nitrogens is 2. The molecule has 0 saturated heterocycles. The third-order valence-electron chi connectivity index (χ3n) is 1.79. The topological polar surface area (TPSA) is 94.3 Å². The maximum Gasteiger partial charge on any atom is 0.262 e. The van der Waals surface area contributed by atoms with Gasteiger partial charge in [0, 0.05) is 45.9 Å². The van der Waals surface area contributed by atoms with Crippen LogP contribution in [0.1, 0.15) is 0 Å². The van der Waals surface area contributed by atoms with Crippen LogP contribution in [0.3, 0.4) is 0 Å². The summed E-state index contributed by atoms with van der Waals surface area (Å²) in [5.41, 5.74) is 0. The normalized spacial score (nSPS) is 9.44. The zero-order chi connectivity index (χ0) is 13.4. The van der Waals surface area contributed by atoms with Crippen LogP contribution in [0.4, 0.5) is 0 Å². The van der Waals surface area contributed by atoms with E-state index in [2.05, 4.69) is 0 Å². The summed E-state index contributed by atoms with van der Waals surface area (Å²) in [5.74, 6) is 0. The van der Waals surface area contributed by atoms with Gasteiger partial charge >= 0.3 is 0 Å². The maximum absolute atomic E-state index is 11.3. The van der Waals surface area contributed by atoms with Crippen LogP contribution in [0, 0.1) is 10.4 Å². The average Bonchev–Trinajstić information content (AvgIpc) is 2.42. The Morgan fingerprint density at radius 3 is 1.50 bits per heavy atom. The van der Waals surface area contributed by atoms with Gasteiger partial charge in [0.05, 0.1) is 0 Å². The van der Waals surface area contributed by atoms with Gasteiger partial charge in [-0.1, -0.05) is 0 Å². The zero-order valence-electron chi connectivity index (χ0n) is 9.04. The van der Waals surface area contributed by atoms with E-state index in [9.17, 15) is 10.4 Å². The van der Waals surface area contributed by atoms with Gasteiger partial charge in [0.2, 0.25) is 0 Å². The van der Waals surface area contributed by atoms with Crippen molar-refractivity contribution < 1.29 is 20.0 Å². The highest BCUT2D eigenvalue weighted by atomic mass is 33.1. The summed E-state index contributed by atoms with van der Waals surface area (Å²) in [6.45, 7) is 0. The minimum absolute atomic E-state index is 0.552. The molecule has 18 heavy (non-hydrogen) atoms. The molecule has 0 aliphatic heterocycles. The summed E-state index contributed by atoms with van der Waals surface area (Å²) < 4.78 is 1.55. The average molecular weight is 286 g/mol. The first-order valence-electron chi connectivity index (χ1n) is 4.68. The second-order valence-electron chi connectivity index (χ2n) is 2.90. The fourth-order valence-electron chi connectivity index (χ4n) is 1.04. The Balaban J connectivity index is 0.000000771. The van der Waals surface area contributed by atoms with Crippen LogP contribution in [0.15, 0.2) is 58.8 Å². The molecule has 0 aromatic carbocycles. The SMILES string of the molecule is OO.[O-][n+]1ccccc1SSc1cccc[n+]1[O-]. The van der Waals surface area contributed by atoms with Gasteiger partial charge in [-0.3, -0.25) is 10.5 Å². The van der Waals surface area contributed by atoms with Crippen molar-refractivity contribution in [2.45, 2.75) is 10.1 Å². The van der Waals surface area contributed by atoms with E-state index >= 15 is 0 Å². The largest absolute Gasteiger partial charge is 0.618 e. The third-order valence-corrected chi connectivity index (χ3v) is 4.12. The molecule has 0 fully saturated rings. The molecule has 0 bridgehead atoms. The van der Waals surface area contributed by atoms with E-state index in [1.165, 1.54) is 34.0 Å². The van der Waals surface area contributed by atoms with Crippen molar-refractivity contribution in [1.82, 2.24) is 0 Å². The van der Waals surface area contributed by atoms with Crippen LogP contribution in [-0.2, 0) is 0 Å². The van der Waals surface area contributed by atoms with Gasteiger partial charge in [-0.2, -0.15) is 9.46 Å². The highest BCUT2D eigenvalue weighted by Gasteiger charge is 2.10. The lowest BCUT2D eigenvalue weighted by Crippen LogP contribution is -2.28. The molecule has 2 rings (SSSR count). The van der Waals surface area contributed by atoms with Crippen LogP contribution in [0.2, 0.25) is 0 Å². The summed E-state index contributed by atoms with van der Waals surface area (Å²) in [6, 6.07) is 10.3. The monoisotopic (exact) mass is 286 g/mol. The van der Waals surface area contributed by atoms with Crippen LogP contribution in [-0.4, -0.2) is 10.5 Å². The lowest BCUT2D eigenvalue weighted by Gasteiger charge is -2.03. The summed E-state index contributed by atoms with van der Waals surface area (Å²) in [4.78, 5) is 0. The standard InChI is InChI=1S/C10H8N2O2S2.H2O2/c13-11-7-3-1-5-9(11)15-16-10-6-2-4-8-12(10)14;1-2/h1-8H;1-2H. The zero-order valence-corrected chi connectivity index (χ0v) is 10.7. The quantitative estimate of drug-likeness (QED) is 0.293. The number of hydrogen-bond donors (Lipinski definition) is 2. The number of nitrogens with zero attached hydrogens (tertiary/aromatic N) is 2. The molecule has 6 nitrogen and oxygen atoms in total. The summed E-state index contributed by atoms with van der Waals surface area (Å²) >= 11 is 0. The molecule has 0 unspecified atom stereocenters. The highest BCUT2D eigenvalue weighted by Crippen LogP contribution is 2.33. The van der Waals surface area contributed by atoms with E-state index in [0.717, 1.165) is 9.46 Å². The Morgan fingerprint density at radius 1 is 0.778 bits per heavy atom. The fourth-order valence-corrected chi connectivity index (χ4v) is 3.03. The van der Waals surface area contributed by atoms with E-state index in [0.29, 0.717) is 10.1 Å². The first-order valence-corrected chi connectivity index (χ1v) is 6.83. The number of pyridine rings is 2. The molecular formula is C10H10N2O4S2. The van der Waals surface area contributed by atoms with Crippen molar-refractivity contribution in [3.05, 3.63) is 59.2 Å². The summed E-state index contributed by atoms with van der Waals surface area (Å²) in [7, 11) is 2.52. The molecule has 0 saturated carbocycles. The molecule has 2 aromatic rings. The molecule has 0 radical (unpaired) electrons. The molecule has 0 amide bonds. The van der Waals surface area contributed by atoms with Crippen LogP contribution >= 0.6 is 21.6 Å². The Morgan fingerprint density at radius 2 is 1.17 bits per heavy atom. The summed E-state index contributed by atoms with van der Waals surface area (Å²) in [6.07, 6.45) is 2.86.